The first kappa shape index (κ1) is 41.9. The molecule has 2 unspecified atom stereocenters. The van der Waals surface area contributed by atoms with Crippen molar-refractivity contribution in [1.29, 1.82) is 0 Å². The molecule has 0 radical (unpaired) electrons. The Kier molecular flexibility index (Phi) is 11.9. The van der Waals surface area contributed by atoms with Gasteiger partial charge in [0, 0.05) is 45.6 Å². The third kappa shape index (κ3) is 8.17. The third-order valence-corrected chi connectivity index (χ3v) is 12.5. The van der Waals surface area contributed by atoms with Crippen LogP contribution in [0.1, 0.15) is 75.1 Å². The lowest BCUT2D eigenvalue weighted by Gasteiger charge is -2.31. The highest BCUT2D eigenvalue weighted by molar-refractivity contribution is 7.17. The van der Waals surface area contributed by atoms with E-state index < -0.39 is 17.5 Å². The van der Waals surface area contributed by atoms with Crippen LogP contribution in [-0.2, 0) is 11.8 Å². The van der Waals surface area contributed by atoms with Crippen molar-refractivity contribution in [2.75, 3.05) is 0 Å². The Morgan fingerprint density at radius 1 is 0.677 bits per heavy atom. The van der Waals surface area contributed by atoms with Gasteiger partial charge in [-0.3, -0.25) is 19.0 Å². The second-order valence-electron chi connectivity index (χ2n) is 15.3. The molecule has 0 spiro atoms. The molecule has 0 bridgehead atoms. The highest BCUT2D eigenvalue weighted by atomic mass is 35.5. The predicted molar refractivity (Wildman–Crippen MR) is 250 cm³/mol. The molecule has 2 atom stereocenters. The van der Waals surface area contributed by atoms with E-state index in [4.69, 9.17) is 23.2 Å². The van der Waals surface area contributed by atoms with Gasteiger partial charge in [0.15, 0.2) is 11.6 Å². The topological polar surface area (TPSA) is 91.0 Å². The summed E-state index contributed by atoms with van der Waals surface area (Å²) in [5, 5.41) is 3.45. The van der Waals surface area contributed by atoms with Crippen molar-refractivity contribution in [3.05, 3.63) is 208 Å². The third-order valence-electron chi connectivity index (χ3n) is 10.7. The number of rotatable bonds is 3. The van der Waals surface area contributed by atoms with E-state index in [1.54, 1.807) is 37.4 Å². The van der Waals surface area contributed by atoms with Gasteiger partial charge in [-0.2, -0.15) is 0 Å². The zero-order valence-electron chi connectivity index (χ0n) is 34.1. The number of carbonyl (C=O) groups excluding carboxylic acids is 2. The van der Waals surface area contributed by atoms with Crippen LogP contribution in [0.25, 0.3) is 26.8 Å². The highest BCUT2D eigenvalue weighted by Crippen LogP contribution is 2.43. The zero-order valence-corrected chi connectivity index (χ0v) is 36.4. The van der Waals surface area contributed by atoms with Crippen molar-refractivity contribution in [3.63, 3.8) is 0 Å². The van der Waals surface area contributed by atoms with Gasteiger partial charge in [-0.05, 0) is 102 Å². The number of fused-ring (bicyclic) bond motifs is 3. The Labute approximate surface area is 372 Å². The van der Waals surface area contributed by atoms with E-state index in [1.165, 1.54) is 15.9 Å². The maximum Gasteiger partial charge on any atom is 0.335 e. The Balaban J connectivity index is 0.000000174. The summed E-state index contributed by atoms with van der Waals surface area (Å²) in [5.74, 6) is 10.5. The molecular formula is C52H37Cl2N3O4S. The van der Waals surface area contributed by atoms with Crippen LogP contribution < -0.4 is 11.2 Å². The number of thiophene rings is 1. The molecule has 1 aliphatic carbocycles. The van der Waals surface area contributed by atoms with Crippen LogP contribution in [0.4, 0.5) is 0 Å². The number of aryl methyl sites for hydroxylation is 2. The number of benzene rings is 5. The molecule has 3 heterocycles. The molecule has 62 heavy (non-hydrogen) atoms. The van der Waals surface area contributed by atoms with E-state index in [9.17, 15) is 19.2 Å². The standard InChI is InChI=1S/C30H22ClNO2.C22H15ClN2O2S/c1-18(2)26-23-17-21-10-6-7-11-25(21)32-28(23)30(34)27(29(26)33)22-15-14-20(16-24(22)31)13-12-19-8-4-3-5-9-19;1-14-13-28-20-19(14)24(2)22(27)25(21(20)26)18-11-10-16(12-17(18)23)9-8-15-6-4-3-5-7-15/h3-11,14-18,26-27H,1-2H3;3-7,10-13H,1-2H3. The summed E-state index contributed by atoms with van der Waals surface area (Å²) < 4.78 is 3.14. The summed E-state index contributed by atoms with van der Waals surface area (Å²) in [6.07, 6.45) is 0. The minimum atomic E-state index is -0.975. The Bertz CT molecular complexity index is 3330. The van der Waals surface area contributed by atoms with Gasteiger partial charge in [0.25, 0.3) is 5.56 Å². The van der Waals surface area contributed by atoms with E-state index in [0.29, 0.717) is 48.3 Å². The fraction of sp³-hybridized carbons (Fsp3) is 0.135. The SMILES string of the molecule is CC(C)C1C(=O)C(c2ccc(C#Cc3ccccc3)cc2Cl)C(=O)c2nc3ccccc3cc21.Cc1csc2c(=O)n(-c3ccc(C#Cc4ccccc4)cc3Cl)c(=O)n(C)c12. The van der Waals surface area contributed by atoms with Crippen LogP contribution in [0, 0.1) is 36.5 Å². The van der Waals surface area contributed by atoms with Crippen LogP contribution in [-0.4, -0.2) is 25.7 Å². The molecule has 0 fully saturated rings. The minimum absolute atomic E-state index is 0.0135. The number of para-hydroxylation sites is 1. The first-order valence-electron chi connectivity index (χ1n) is 19.8. The Hall–Kier alpha value is -6.81. The number of carbonyl (C=O) groups is 2. The summed E-state index contributed by atoms with van der Waals surface area (Å²) in [6, 6.07) is 39.3. The van der Waals surface area contributed by atoms with E-state index in [2.05, 4.69) is 28.7 Å². The maximum atomic E-state index is 13.7. The van der Waals surface area contributed by atoms with Crippen LogP contribution in [0.3, 0.4) is 0 Å². The molecule has 0 N–H and O–H groups in total. The molecule has 304 valence electrons. The number of pyridine rings is 1. The summed E-state index contributed by atoms with van der Waals surface area (Å²) in [4.78, 5) is 57.8. The summed E-state index contributed by atoms with van der Waals surface area (Å²) >= 11 is 14.4. The van der Waals surface area contributed by atoms with Gasteiger partial charge in [0.2, 0.25) is 0 Å². The molecule has 9 rings (SSSR count). The Morgan fingerprint density at radius 2 is 1.26 bits per heavy atom. The lowest BCUT2D eigenvalue weighted by molar-refractivity contribution is -0.122. The molecule has 8 aromatic rings. The molecule has 10 heteroatoms. The lowest BCUT2D eigenvalue weighted by atomic mass is 9.70. The van der Waals surface area contributed by atoms with E-state index >= 15 is 0 Å². The van der Waals surface area contributed by atoms with E-state index in [0.717, 1.165) is 37.7 Å². The molecule has 1 aliphatic rings. The van der Waals surface area contributed by atoms with Crippen LogP contribution in [0.15, 0.2) is 142 Å². The zero-order chi connectivity index (χ0) is 43.7. The fourth-order valence-electron chi connectivity index (χ4n) is 7.74. The van der Waals surface area contributed by atoms with Crippen LogP contribution in [0.2, 0.25) is 10.0 Å². The quantitative estimate of drug-likeness (QED) is 0.130. The highest BCUT2D eigenvalue weighted by Gasteiger charge is 2.44. The summed E-state index contributed by atoms with van der Waals surface area (Å²) in [5.41, 5.74) is 6.67. The predicted octanol–water partition coefficient (Wildman–Crippen LogP) is 10.7. The van der Waals surface area contributed by atoms with Gasteiger partial charge in [-0.25, -0.2) is 14.3 Å². The molecule has 7 nitrogen and oxygen atoms in total. The molecule has 0 saturated carbocycles. The lowest BCUT2D eigenvalue weighted by Crippen LogP contribution is -2.37. The number of hydrogen-bond donors (Lipinski definition) is 0. The monoisotopic (exact) mass is 869 g/mol. The second kappa shape index (κ2) is 17.7. The number of halogens is 2. The van der Waals surface area contributed by atoms with Gasteiger partial charge < -0.3 is 0 Å². The molecule has 0 aliphatic heterocycles. The smallest absolute Gasteiger partial charge is 0.298 e. The average molecular weight is 871 g/mol. The number of ketones is 2. The van der Waals surface area contributed by atoms with Gasteiger partial charge >= 0.3 is 5.69 Å². The maximum absolute atomic E-state index is 13.7. The first-order chi connectivity index (χ1) is 29.9. The summed E-state index contributed by atoms with van der Waals surface area (Å²) in [7, 11) is 1.66. The van der Waals surface area contributed by atoms with Gasteiger partial charge in [0.05, 0.1) is 21.7 Å². The first-order valence-corrected chi connectivity index (χ1v) is 21.5. The molecule has 5 aromatic carbocycles. The van der Waals surface area contributed by atoms with Crippen molar-refractivity contribution in [3.8, 4) is 29.4 Å². The van der Waals surface area contributed by atoms with E-state index in [1.807, 2.05) is 123 Å². The van der Waals surface area contributed by atoms with Crippen molar-refractivity contribution in [2.45, 2.75) is 32.6 Å². The van der Waals surface area contributed by atoms with Crippen molar-refractivity contribution < 1.29 is 9.59 Å². The van der Waals surface area contributed by atoms with E-state index in [-0.39, 0.29) is 23.0 Å². The molecule has 0 amide bonds. The number of Topliss-reactive ketones (excluding diaryl/α,β-unsaturated/α-hetero) is 2. The van der Waals surface area contributed by atoms with Crippen molar-refractivity contribution >= 4 is 67.2 Å². The van der Waals surface area contributed by atoms with Crippen molar-refractivity contribution in [1.82, 2.24) is 14.1 Å². The molecule has 3 aromatic heterocycles. The normalized spacial score (nSPS) is 14.4. The van der Waals surface area contributed by atoms with Crippen LogP contribution in [0.5, 0.6) is 0 Å². The fourth-order valence-corrected chi connectivity index (χ4v) is 9.30. The second-order valence-corrected chi connectivity index (χ2v) is 16.9. The number of nitrogens with zero attached hydrogens (tertiary/aromatic N) is 3. The van der Waals surface area contributed by atoms with Gasteiger partial charge in [-0.15, -0.1) is 11.3 Å². The number of aromatic nitrogens is 3. The minimum Gasteiger partial charge on any atom is -0.298 e. The van der Waals surface area contributed by atoms with Crippen molar-refractivity contribution in [2.24, 2.45) is 13.0 Å². The average Bonchev–Trinajstić information content (AvgIpc) is 3.67. The largest absolute Gasteiger partial charge is 0.335 e. The molecule has 0 saturated heterocycles. The number of hydrogen-bond acceptors (Lipinski definition) is 6. The van der Waals surface area contributed by atoms with Crippen LogP contribution >= 0.6 is 34.5 Å². The van der Waals surface area contributed by atoms with Gasteiger partial charge in [0.1, 0.15) is 16.3 Å². The van der Waals surface area contributed by atoms with Gasteiger partial charge in [-0.1, -0.05) is 121 Å². The Morgan fingerprint density at radius 3 is 1.87 bits per heavy atom. The summed E-state index contributed by atoms with van der Waals surface area (Å²) in [6.45, 7) is 5.88. The molecular weight excluding hydrogens is 834 g/mol.